The third-order valence-corrected chi connectivity index (χ3v) is 6.18. The molecule has 5 heteroatoms. The lowest BCUT2D eigenvalue weighted by Crippen LogP contribution is -2.32. The van der Waals surface area contributed by atoms with Gasteiger partial charge in [0.2, 0.25) is 0 Å². The van der Waals surface area contributed by atoms with Crippen LogP contribution >= 0.6 is 11.8 Å². The predicted molar refractivity (Wildman–Crippen MR) is 105 cm³/mol. The highest BCUT2D eigenvalue weighted by molar-refractivity contribution is 7.99. The van der Waals surface area contributed by atoms with Crippen LogP contribution in [0, 0.1) is 6.07 Å². The van der Waals surface area contributed by atoms with Gasteiger partial charge >= 0.3 is 0 Å². The summed E-state index contributed by atoms with van der Waals surface area (Å²) in [6, 6.07) is 22.2. The molecule has 4 nitrogen and oxygen atoms in total. The van der Waals surface area contributed by atoms with Crippen LogP contribution in [0.1, 0.15) is 26.3 Å². The first-order valence-electron chi connectivity index (χ1n) is 8.64. The fourth-order valence-electron chi connectivity index (χ4n) is 3.62. The maximum absolute atomic E-state index is 13.3. The van der Waals surface area contributed by atoms with Gasteiger partial charge in [0.25, 0.3) is 11.8 Å². The summed E-state index contributed by atoms with van der Waals surface area (Å²) in [5, 5.41) is 0. The van der Waals surface area contributed by atoms with E-state index in [0.29, 0.717) is 17.7 Å². The molecule has 0 unspecified atom stereocenters. The van der Waals surface area contributed by atoms with Gasteiger partial charge in [-0.05, 0) is 35.9 Å². The lowest BCUT2D eigenvalue weighted by molar-refractivity contribution is 0.0629. The van der Waals surface area contributed by atoms with Gasteiger partial charge in [0, 0.05) is 22.4 Å². The quantitative estimate of drug-likeness (QED) is 0.590. The van der Waals surface area contributed by atoms with Crippen molar-refractivity contribution in [2.75, 3.05) is 11.9 Å². The SMILES string of the molecule is CN1c2ccc[c]c2Sc2c(C(=O)N3Cc4ccccc4C3=O)cccc21. The summed E-state index contributed by atoms with van der Waals surface area (Å²) in [4.78, 5) is 31.2. The molecule has 0 spiro atoms. The van der Waals surface area contributed by atoms with Crippen molar-refractivity contribution < 1.29 is 9.59 Å². The second-order valence-electron chi connectivity index (χ2n) is 6.55. The third-order valence-electron chi connectivity index (χ3n) is 5.02. The zero-order valence-corrected chi connectivity index (χ0v) is 15.4. The van der Waals surface area contributed by atoms with Gasteiger partial charge < -0.3 is 4.90 Å². The van der Waals surface area contributed by atoms with Crippen LogP contribution in [0.4, 0.5) is 11.4 Å². The third kappa shape index (κ3) is 2.39. The van der Waals surface area contributed by atoms with Crippen molar-refractivity contribution in [3.63, 3.8) is 0 Å². The highest BCUT2D eigenvalue weighted by Crippen LogP contribution is 2.48. The molecule has 3 aromatic rings. The normalized spacial score (nSPS) is 14.6. The zero-order chi connectivity index (χ0) is 18.5. The Morgan fingerprint density at radius 3 is 2.70 bits per heavy atom. The second kappa shape index (κ2) is 5.99. The second-order valence-corrected chi connectivity index (χ2v) is 7.57. The molecule has 0 saturated carbocycles. The smallest absolute Gasteiger partial charge is 0.262 e. The molecule has 3 aromatic carbocycles. The number of imide groups is 1. The molecule has 0 atom stereocenters. The van der Waals surface area contributed by atoms with Crippen LogP contribution in [0.25, 0.3) is 0 Å². The van der Waals surface area contributed by atoms with Crippen molar-refractivity contribution in [1.29, 1.82) is 0 Å². The zero-order valence-electron chi connectivity index (χ0n) is 14.6. The molecular formula is C22H15N2O2S. The van der Waals surface area contributed by atoms with Gasteiger partial charge in [0.15, 0.2) is 0 Å². The number of fused-ring (bicyclic) bond motifs is 3. The van der Waals surface area contributed by atoms with Crippen molar-refractivity contribution in [3.05, 3.63) is 83.4 Å². The molecule has 27 heavy (non-hydrogen) atoms. The molecule has 0 bridgehead atoms. The molecule has 1 radical (unpaired) electrons. The fraction of sp³-hybridized carbons (Fsp3) is 0.0909. The number of rotatable bonds is 1. The Bertz CT molecular complexity index is 1110. The van der Waals surface area contributed by atoms with E-state index in [-0.39, 0.29) is 11.8 Å². The van der Waals surface area contributed by atoms with Gasteiger partial charge in [-0.2, -0.15) is 0 Å². The first-order chi connectivity index (χ1) is 13.1. The molecule has 0 fully saturated rings. The van der Waals surface area contributed by atoms with Crippen LogP contribution in [-0.4, -0.2) is 23.8 Å². The van der Waals surface area contributed by atoms with Gasteiger partial charge in [0.05, 0.1) is 23.5 Å². The van der Waals surface area contributed by atoms with E-state index in [1.54, 1.807) is 12.1 Å². The molecule has 0 N–H and O–H groups in total. The molecule has 0 aromatic heterocycles. The van der Waals surface area contributed by atoms with Gasteiger partial charge in [0.1, 0.15) is 0 Å². The minimum atomic E-state index is -0.256. The Labute approximate surface area is 161 Å². The molecule has 131 valence electrons. The minimum Gasteiger partial charge on any atom is -0.343 e. The van der Waals surface area contributed by atoms with E-state index in [4.69, 9.17) is 0 Å². The lowest BCUT2D eigenvalue weighted by Gasteiger charge is -2.30. The number of anilines is 2. The number of hydrogen-bond donors (Lipinski definition) is 0. The van der Waals surface area contributed by atoms with Crippen LogP contribution in [0.3, 0.4) is 0 Å². The fourth-order valence-corrected chi connectivity index (χ4v) is 4.83. The van der Waals surface area contributed by atoms with E-state index in [9.17, 15) is 9.59 Å². The minimum absolute atomic E-state index is 0.227. The van der Waals surface area contributed by atoms with E-state index >= 15 is 0 Å². The van der Waals surface area contributed by atoms with E-state index in [1.807, 2.05) is 55.6 Å². The molecule has 2 heterocycles. The molecule has 2 aliphatic heterocycles. The number of carbonyl (C=O) groups is 2. The molecule has 5 rings (SSSR count). The van der Waals surface area contributed by atoms with Crippen LogP contribution < -0.4 is 4.90 Å². The topological polar surface area (TPSA) is 40.6 Å². The average Bonchev–Trinajstić information content (AvgIpc) is 3.04. The highest BCUT2D eigenvalue weighted by Gasteiger charge is 2.34. The summed E-state index contributed by atoms with van der Waals surface area (Å²) in [5.41, 5.74) is 4.07. The van der Waals surface area contributed by atoms with Crippen molar-refractivity contribution in [3.8, 4) is 0 Å². The van der Waals surface area contributed by atoms with E-state index in [2.05, 4.69) is 11.0 Å². The molecule has 2 aliphatic rings. The average molecular weight is 371 g/mol. The summed E-state index contributed by atoms with van der Waals surface area (Å²) in [6.45, 7) is 0.320. The van der Waals surface area contributed by atoms with E-state index in [0.717, 1.165) is 26.7 Å². The highest BCUT2D eigenvalue weighted by atomic mass is 32.2. The molecular weight excluding hydrogens is 356 g/mol. The van der Waals surface area contributed by atoms with Crippen LogP contribution in [0.2, 0.25) is 0 Å². The Hall–Kier alpha value is -3.05. The summed E-state index contributed by atoms with van der Waals surface area (Å²) < 4.78 is 0. The molecule has 0 saturated heterocycles. The van der Waals surface area contributed by atoms with E-state index < -0.39 is 0 Å². The van der Waals surface area contributed by atoms with Gasteiger partial charge in [-0.3, -0.25) is 14.5 Å². The monoisotopic (exact) mass is 371 g/mol. The maximum atomic E-state index is 13.3. The molecule has 0 aliphatic carbocycles. The Morgan fingerprint density at radius 1 is 1.04 bits per heavy atom. The molecule has 2 amide bonds. The summed E-state index contributed by atoms with van der Waals surface area (Å²) >= 11 is 1.53. The predicted octanol–water partition coefficient (Wildman–Crippen LogP) is 4.52. The largest absolute Gasteiger partial charge is 0.343 e. The van der Waals surface area contributed by atoms with Crippen LogP contribution in [-0.2, 0) is 6.54 Å². The number of hydrogen-bond acceptors (Lipinski definition) is 4. The van der Waals surface area contributed by atoms with Crippen LogP contribution in [0.5, 0.6) is 0 Å². The van der Waals surface area contributed by atoms with Crippen molar-refractivity contribution in [2.24, 2.45) is 0 Å². The Morgan fingerprint density at radius 2 is 1.85 bits per heavy atom. The Balaban J connectivity index is 1.56. The lowest BCUT2D eigenvalue weighted by atomic mass is 10.1. The standard InChI is InChI=1S/C22H15N2O2S/c1-23-17-10-4-5-12-19(17)27-20-16(9-6-11-18(20)23)22(26)24-13-14-7-2-3-8-15(14)21(24)25/h2-11H,13H2,1H3. The van der Waals surface area contributed by atoms with Crippen molar-refractivity contribution in [1.82, 2.24) is 4.90 Å². The van der Waals surface area contributed by atoms with Gasteiger partial charge in [-0.15, -0.1) is 0 Å². The van der Waals surface area contributed by atoms with Crippen molar-refractivity contribution in [2.45, 2.75) is 16.3 Å². The number of nitrogens with zero attached hydrogens (tertiary/aromatic N) is 2. The summed E-state index contributed by atoms with van der Waals surface area (Å²) in [5.74, 6) is -0.484. The van der Waals surface area contributed by atoms with Crippen LogP contribution in [0.15, 0.2) is 70.5 Å². The summed E-state index contributed by atoms with van der Waals surface area (Å²) in [7, 11) is 1.98. The number of amides is 2. The van der Waals surface area contributed by atoms with E-state index in [1.165, 1.54) is 16.7 Å². The summed E-state index contributed by atoms with van der Waals surface area (Å²) in [6.07, 6.45) is 0. The van der Waals surface area contributed by atoms with Gasteiger partial charge in [-0.1, -0.05) is 48.2 Å². The first kappa shape index (κ1) is 16.1. The first-order valence-corrected chi connectivity index (χ1v) is 9.46. The number of carbonyl (C=O) groups excluding carboxylic acids is 2. The van der Waals surface area contributed by atoms with Crippen molar-refractivity contribution >= 4 is 35.0 Å². The maximum Gasteiger partial charge on any atom is 0.262 e. The van der Waals surface area contributed by atoms with Gasteiger partial charge in [-0.25, -0.2) is 0 Å². The Kier molecular flexibility index (Phi) is 3.58. The number of benzene rings is 3.